The second kappa shape index (κ2) is 10.3. The summed E-state index contributed by atoms with van der Waals surface area (Å²) in [5.74, 6) is 1.15. The molecule has 3 aromatic rings. The number of hydrogen-bond acceptors (Lipinski definition) is 6. The summed E-state index contributed by atoms with van der Waals surface area (Å²) < 4.78 is 10.8. The van der Waals surface area contributed by atoms with Crippen LogP contribution in [0.15, 0.2) is 83.5 Å². The van der Waals surface area contributed by atoms with E-state index in [-0.39, 0.29) is 24.4 Å². The van der Waals surface area contributed by atoms with E-state index >= 15 is 0 Å². The van der Waals surface area contributed by atoms with Crippen LogP contribution in [0, 0.1) is 6.92 Å². The van der Waals surface area contributed by atoms with Crippen LogP contribution in [0.25, 0.3) is 6.08 Å². The van der Waals surface area contributed by atoms with Gasteiger partial charge in [-0.05, 0) is 61.9 Å². The number of carbonyl (C=O) groups excluding carboxylic acids is 2. The van der Waals surface area contributed by atoms with Gasteiger partial charge < -0.3 is 14.4 Å². The van der Waals surface area contributed by atoms with Crippen LogP contribution in [-0.2, 0) is 9.59 Å². The van der Waals surface area contributed by atoms with E-state index in [0.29, 0.717) is 34.6 Å². The van der Waals surface area contributed by atoms with Crippen molar-refractivity contribution < 1.29 is 19.1 Å². The molecule has 2 amide bonds. The lowest BCUT2D eigenvalue weighted by Crippen LogP contribution is -2.34. The number of thioether (sulfide) groups is 1. The maximum absolute atomic E-state index is 13.5. The van der Waals surface area contributed by atoms with Crippen LogP contribution >= 0.6 is 11.8 Å². The molecule has 0 atom stereocenters. The van der Waals surface area contributed by atoms with Crippen molar-refractivity contribution in [2.75, 3.05) is 28.9 Å². The maximum atomic E-state index is 13.5. The van der Waals surface area contributed by atoms with Gasteiger partial charge in [0.05, 0.1) is 11.4 Å². The lowest BCUT2D eigenvalue weighted by molar-refractivity contribution is -0.116. The Kier molecular flexibility index (Phi) is 6.77. The molecule has 36 heavy (non-hydrogen) atoms. The third-order valence-corrected chi connectivity index (χ3v) is 6.76. The van der Waals surface area contributed by atoms with Crippen LogP contribution in [0.3, 0.4) is 0 Å². The highest BCUT2D eigenvalue weighted by Gasteiger charge is 2.33. The first-order chi connectivity index (χ1) is 17.5. The van der Waals surface area contributed by atoms with Crippen molar-refractivity contribution in [3.05, 3.63) is 89.6 Å². The van der Waals surface area contributed by atoms with Gasteiger partial charge in [0.1, 0.15) is 5.70 Å². The fraction of sp³-hybridized carbons (Fsp3) is 0.179. The summed E-state index contributed by atoms with van der Waals surface area (Å²) in [6.07, 6.45) is 1.73. The summed E-state index contributed by atoms with van der Waals surface area (Å²) in [6.45, 7) is 4.66. The molecule has 0 N–H and O–H groups in total. The Hall–Kier alpha value is -4.04. The van der Waals surface area contributed by atoms with Gasteiger partial charge in [0.15, 0.2) is 16.7 Å². The lowest BCUT2D eigenvalue weighted by Gasteiger charge is -2.22. The molecular formula is C28H25N3O4S. The van der Waals surface area contributed by atoms with Crippen molar-refractivity contribution >= 4 is 46.2 Å². The van der Waals surface area contributed by atoms with Crippen LogP contribution < -0.4 is 19.3 Å². The number of benzene rings is 3. The van der Waals surface area contributed by atoms with Gasteiger partial charge in [0.2, 0.25) is 12.7 Å². The molecule has 0 fully saturated rings. The Bertz CT molecular complexity index is 1350. The lowest BCUT2D eigenvalue weighted by atomic mass is 10.1. The summed E-state index contributed by atoms with van der Waals surface area (Å²) in [4.78, 5) is 34.5. The average Bonchev–Trinajstić information content (AvgIpc) is 3.48. The second-order valence-corrected chi connectivity index (χ2v) is 9.22. The molecule has 2 aliphatic heterocycles. The zero-order valence-electron chi connectivity index (χ0n) is 20.0. The predicted molar refractivity (Wildman–Crippen MR) is 144 cm³/mol. The van der Waals surface area contributed by atoms with E-state index in [4.69, 9.17) is 9.47 Å². The first-order valence-electron chi connectivity index (χ1n) is 11.6. The average molecular weight is 500 g/mol. The third-order valence-electron chi connectivity index (χ3n) is 5.83. The SMILES string of the molecule is CCN(C(=O)CSC1=N/C(=C\c2ccc3c(c2)OCO3)C(=O)N1c1ccc(C)cc1)c1ccccc1. The van der Waals surface area contributed by atoms with Crippen molar-refractivity contribution in [3.8, 4) is 11.5 Å². The number of hydrogen-bond donors (Lipinski definition) is 0. The molecule has 0 radical (unpaired) electrons. The number of nitrogens with zero attached hydrogens (tertiary/aromatic N) is 3. The van der Waals surface area contributed by atoms with Gasteiger partial charge in [-0.2, -0.15) is 0 Å². The molecular weight excluding hydrogens is 474 g/mol. The van der Waals surface area contributed by atoms with Gasteiger partial charge >= 0.3 is 0 Å². The number of anilines is 2. The summed E-state index contributed by atoms with van der Waals surface area (Å²) >= 11 is 1.25. The zero-order chi connectivity index (χ0) is 25.1. The minimum atomic E-state index is -0.248. The Morgan fingerprint density at radius 3 is 2.56 bits per heavy atom. The van der Waals surface area contributed by atoms with Gasteiger partial charge in [-0.25, -0.2) is 4.99 Å². The van der Waals surface area contributed by atoms with Crippen molar-refractivity contribution in [1.82, 2.24) is 0 Å². The quantitative estimate of drug-likeness (QED) is 0.433. The van der Waals surface area contributed by atoms with Crippen LogP contribution in [0.2, 0.25) is 0 Å². The van der Waals surface area contributed by atoms with Crippen molar-refractivity contribution in [1.29, 1.82) is 0 Å². The minimum Gasteiger partial charge on any atom is -0.454 e. The van der Waals surface area contributed by atoms with Gasteiger partial charge in [-0.3, -0.25) is 14.5 Å². The zero-order valence-corrected chi connectivity index (χ0v) is 20.8. The molecule has 5 rings (SSSR count). The van der Waals surface area contributed by atoms with Crippen LogP contribution in [0.4, 0.5) is 11.4 Å². The maximum Gasteiger partial charge on any atom is 0.283 e. The fourth-order valence-corrected chi connectivity index (χ4v) is 4.88. The van der Waals surface area contributed by atoms with Crippen LogP contribution in [-0.4, -0.2) is 36.1 Å². The summed E-state index contributed by atoms with van der Waals surface area (Å²) in [5, 5.41) is 0.466. The minimum absolute atomic E-state index is 0.0547. The first kappa shape index (κ1) is 23.7. The summed E-state index contributed by atoms with van der Waals surface area (Å²) in [7, 11) is 0. The van der Waals surface area contributed by atoms with E-state index in [1.807, 2.05) is 86.6 Å². The van der Waals surface area contributed by atoms with E-state index in [1.165, 1.54) is 11.8 Å². The van der Waals surface area contributed by atoms with Crippen molar-refractivity contribution in [2.24, 2.45) is 4.99 Å². The molecule has 3 aromatic carbocycles. The predicted octanol–water partition coefficient (Wildman–Crippen LogP) is 5.25. The van der Waals surface area contributed by atoms with Gasteiger partial charge in [0, 0.05) is 12.2 Å². The fourth-order valence-electron chi connectivity index (χ4n) is 3.99. The number of carbonyl (C=O) groups is 2. The standard InChI is InChI=1S/C28H25N3O4S/c1-3-30(21-7-5-4-6-8-21)26(32)17-36-28-29-23(15-20-11-14-24-25(16-20)35-18-34-24)27(33)31(28)22-12-9-19(2)10-13-22/h4-16H,3,17-18H2,1-2H3/b23-15-. The molecule has 0 unspecified atom stereocenters. The molecule has 2 aliphatic rings. The number of ether oxygens (including phenoxy) is 2. The molecule has 0 spiro atoms. The molecule has 0 aromatic heterocycles. The van der Waals surface area contributed by atoms with Crippen LogP contribution in [0.1, 0.15) is 18.1 Å². The van der Waals surface area contributed by atoms with E-state index < -0.39 is 0 Å². The molecule has 8 heteroatoms. The monoisotopic (exact) mass is 499 g/mol. The normalized spacial score (nSPS) is 15.4. The van der Waals surface area contributed by atoms with Gasteiger partial charge in [-0.15, -0.1) is 0 Å². The van der Waals surface area contributed by atoms with E-state index in [9.17, 15) is 9.59 Å². The number of fused-ring (bicyclic) bond motifs is 1. The molecule has 2 heterocycles. The molecule has 0 bridgehead atoms. The van der Waals surface area contributed by atoms with Crippen molar-refractivity contribution in [3.63, 3.8) is 0 Å². The number of aliphatic imine (C=N–C) groups is 1. The highest BCUT2D eigenvalue weighted by molar-refractivity contribution is 8.14. The molecule has 0 saturated carbocycles. The topological polar surface area (TPSA) is 71.4 Å². The molecule has 0 saturated heterocycles. The summed E-state index contributed by atoms with van der Waals surface area (Å²) in [5.41, 5.74) is 3.70. The molecule has 7 nitrogen and oxygen atoms in total. The Morgan fingerprint density at radius 2 is 1.81 bits per heavy atom. The van der Waals surface area contributed by atoms with Crippen LogP contribution in [0.5, 0.6) is 11.5 Å². The highest BCUT2D eigenvalue weighted by atomic mass is 32.2. The highest BCUT2D eigenvalue weighted by Crippen LogP contribution is 2.35. The summed E-state index contributed by atoms with van der Waals surface area (Å²) in [6, 6.07) is 22.7. The third kappa shape index (κ3) is 4.85. The Morgan fingerprint density at radius 1 is 1.06 bits per heavy atom. The van der Waals surface area contributed by atoms with E-state index in [2.05, 4.69) is 4.99 Å². The largest absolute Gasteiger partial charge is 0.454 e. The van der Waals surface area contributed by atoms with E-state index in [0.717, 1.165) is 16.8 Å². The Labute approximate surface area is 214 Å². The second-order valence-electron chi connectivity index (χ2n) is 8.27. The molecule has 182 valence electrons. The van der Waals surface area contributed by atoms with E-state index in [1.54, 1.807) is 15.9 Å². The van der Waals surface area contributed by atoms with Gasteiger partial charge in [0.25, 0.3) is 5.91 Å². The molecule has 0 aliphatic carbocycles. The number of amides is 2. The Balaban J connectivity index is 1.42. The smallest absolute Gasteiger partial charge is 0.283 e. The number of rotatable bonds is 6. The first-order valence-corrected chi connectivity index (χ1v) is 12.6. The number of aryl methyl sites for hydroxylation is 1. The van der Waals surface area contributed by atoms with Gasteiger partial charge in [-0.1, -0.05) is 53.7 Å². The van der Waals surface area contributed by atoms with Crippen molar-refractivity contribution in [2.45, 2.75) is 13.8 Å². The number of amidine groups is 1. The number of para-hydroxylation sites is 1.